The van der Waals surface area contributed by atoms with E-state index in [-0.39, 0.29) is 13.0 Å². The normalized spacial score (nSPS) is 12.6. The molecule has 3 amide bonds. The first-order chi connectivity index (χ1) is 14.8. The Morgan fingerprint density at radius 2 is 1.91 bits per heavy atom. The molecule has 0 bridgehead atoms. The van der Waals surface area contributed by atoms with Crippen LogP contribution in [0.1, 0.15) is 69.4 Å². The van der Waals surface area contributed by atoms with Crippen LogP contribution in [0.2, 0.25) is 0 Å². The van der Waals surface area contributed by atoms with Crippen LogP contribution in [0.3, 0.4) is 0 Å². The number of hydrogen-bond acceptors (Lipinski definition) is 7. The largest absolute Gasteiger partial charge is 0.434 e. The molecule has 1 rings (SSSR count). The topological polar surface area (TPSA) is 137 Å². The number of nitrogens with one attached hydrogen (secondary N) is 3. The van der Waals surface area contributed by atoms with E-state index in [0.717, 1.165) is 12.8 Å². The van der Waals surface area contributed by atoms with Crippen molar-refractivity contribution in [2.75, 3.05) is 12.0 Å². The van der Waals surface area contributed by atoms with Crippen molar-refractivity contribution < 1.29 is 32.8 Å². The third-order valence-electron chi connectivity index (χ3n) is 4.14. The highest BCUT2D eigenvalue weighted by Gasteiger charge is 2.38. The van der Waals surface area contributed by atoms with Gasteiger partial charge >= 0.3 is 6.18 Å². The Hall–Kier alpha value is -2.96. The number of halogens is 3. The molecule has 32 heavy (non-hydrogen) atoms. The van der Waals surface area contributed by atoms with Gasteiger partial charge in [-0.3, -0.25) is 30.4 Å². The first-order valence-electron chi connectivity index (χ1n) is 10.0. The van der Waals surface area contributed by atoms with Crippen LogP contribution >= 0.6 is 0 Å². The van der Waals surface area contributed by atoms with Gasteiger partial charge in [-0.15, -0.1) is 0 Å². The lowest BCUT2D eigenvalue weighted by Gasteiger charge is -2.22. The zero-order valence-corrected chi connectivity index (χ0v) is 18.4. The molecule has 0 fully saturated rings. The fraction of sp³-hybridized carbons (Fsp3) is 0.632. The summed E-state index contributed by atoms with van der Waals surface area (Å²) in [5, 5.41) is 12.1. The van der Waals surface area contributed by atoms with Crippen molar-refractivity contribution >= 4 is 24.2 Å². The molecule has 0 spiro atoms. The molecule has 0 aromatic carbocycles. The Morgan fingerprint density at radius 1 is 1.25 bits per heavy atom. The van der Waals surface area contributed by atoms with Gasteiger partial charge in [0.25, 0.3) is 5.91 Å². The quantitative estimate of drug-likeness (QED) is 0.172. The summed E-state index contributed by atoms with van der Waals surface area (Å²) in [6.07, 6.45) is -1.40. The van der Waals surface area contributed by atoms with E-state index in [2.05, 4.69) is 26.1 Å². The lowest BCUT2D eigenvalue weighted by atomic mass is 10.0. The van der Waals surface area contributed by atoms with Crippen LogP contribution in [-0.4, -0.2) is 50.5 Å². The molecule has 0 radical (unpaired) electrons. The van der Waals surface area contributed by atoms with Gasteiger partial charge in [0.1, 0.15) is 0 Å². The minimum Gasteiger partial charge on any atom is -0.347 e. The number of nitrogens with zero attached hydrogens (tertiary/aromatic N) is 3. The van der Waals surface area contributed by atoms with E-state index in [1.807, 2.05) is 6.92 Å². The summed E-state index contributed by atoms with van der Waals surface area (Å²) in [6, 6.07) is 0. The number of hydrazine groups is 1. The summed E-state index contributed by atoms with van der Waals surface area (Å²) in [5.74, 6) is -3.06. The molecule has 1 aromatic heterocycles. The molecule has 0 saturated carbocycles. The Morgan fingerprint density at radius 3 is 2.44 bits per heavy atom. The second-order valence-corrected chi connectivity index (χ2v) is 8.19. The summed E-state index contributed by atoms with van der Waals surface area (Å²) in [4.78, 5) is 42.3. The average molecular weight is 462 g/mol. The van der Waals surface area contributed by atoms with Gasteiger partial charge in [-0.05, 0) is 27.2 Å². The molecule has 4 N–H and O–H groups in total. The number of hydrogen-bond donors (Lipinski definition) is 4. The van der Waals surface area contributed by atoms with Crippen LogP contribution in [-0.2, 0) is 15.8 Å². The van der Waals surface area contributed by atoms with Gasteiger partial charge in [-0.25, -0.2) is 15.0 Å². The molecule has 0 aliphatic heterocycles. The van der Waals surface area contributed by atoms with Gasteiger partial charge in [0.2, 0.25) is 18.3 Å². The highest BCUT2D eigenvalue weighted by molar-refractivity contribution is 5.95. The molecule has 0 aliphatic rings. The van der Waals surface area contributed by atoms with E-state index in [4.69, 9.17) is 0 Å². The van der Waals surface area contributed by atoms with E-state index in [1.54, 1.807) is 20.8 Å². The molecule has 1 atom stereocenters. The lowest BCUT2D eigenvalue weighted by Crippen LogP contribution is -2.42. The van der Waals surface area contributed by atoms with Crippen molar-refractivity contribution in [2.45, 2.75) is 65.1 Å². The van der Waals surface area contributed by atoms with Crippen molar-refractivity contribution in [1.82, 2.24) is 25.8 Å². The van der Waals surface area contributed by atoms with Crippen molar-refractivity contribution in [3.8, 4) is 0 Å². The molecule has 0 aliphatic carbocycles. The van der Waals surface area contributed by atoms with Gasteiger partial charge in [0, 0.05) is 11.7 Å². The Bertz CT molecular complexity index is 798. The van der Waals surface area contributed by atoms with E-state index in [9.17, 15) is 32.8 Å². The fourth-order valence-corrected chi connectivity index (χ4v) is 2.67. The number of hydroxylamine groups is 2. The molecular weight excluding hydrogens is 433 g/mol. The summed E-state index contributed by atoms with van der Waals surface area (Å²) >= 11 is 0. The molecule has 10 nitrogen and oxygen atoms in total. The predicted octanol–water partition coefficient (Wildman–Crippen LogP) is 2.51. The smallest absolute Gasteiger partial charge is 0.347 e. The number of rotatable bonds is 11. The number of carbonyl (C=O) groups excluding carboxylic acids is 3. The number of carbonyl (C=O) groups is 3. The number of alkyl halides is 3. The zero-order valence-electron chi connectivity index (χ0n) is 18.4. The van der Waals surface area contributed by atoms with Gasteiger partial charge in [-0.2, -0.15) is 13.2 Å². The SMILES string of the molecule is CCCCC[C@@H](CN(O)C=O)C(=O)NNc1ncc(C(=O)NC(C)(C)C)c(C(F)(F)F)n1. The van der Waals surface area contributed by atoms with E-state index >= 15 is 0 Å². The Labute approximate surface area is 183 Å². The van der Waals surface area contributed by atoms with E-state index in [1.165, 1.54) is 0 Å². The van der Waals surface area contributed by atoms with Gasteiger partial charge < -0.3 is 5.32 Å². The zero-order chi connectivity index (χ0) is 24.5. The molecule has 1 aromatic rings. The van der Waals surface area contributed by atoms with Crippen LogP contribution in [0.4, 0.5) is 19.1 Å². The third-order valence-corrected chi connectivity index (χ3v) is 4.14. The lowest BCUT2D eigenvalue weighted by molar-refractivity contribution is -0.154. The van der Waals surface area contributed by atoms with Gasteiger partial charge in [-0.1, -0.05) is 26.2 Å². The van der Waals surface area contributed by atoms with Crippen molar-refractivity contribution in [3.05, 3.63) is 17.5 Å². The molecule has 13 heteroatoms. The Kier molecular flexibility index (Phi) is 9.81. The summed E-state index contributed by atoms with van der Waals surface area (Å²) in [5.41, 5.74) is 1.37. The standard InChI is InChI=1S/C19H29F3N6O4/c1-5-6-7-8-12(10-28(32)11-29)15(30)26-27-17-23-9-13(14(24-17)19(20,21)22)16(31)25-18(2,3)4/h9,11-12,32H,5-8,10H2,1-4H3,(H,25,31)(H,26,30)(H,23,24,27)/t12-/m0/s1. The molecule has 180 valence electrons. The van der Waals surface area contributed by atoms with Crippen molar-refractivity contribution in [3.63, 3.8) is 0 Å². The summed E-state index contributed by atoms with van der Waals surface area (Å²) in [7, 11) is 0. The maximum absolute atomic E-state index is 13.5. The van der Waals surface area contributed by atoms with Crippen LogP contribution in [0.25, 0.3) is 0 Å². The van der Waals surface area contributed by atoms with Crippen molar-refractivity contribution in [1.29, 1.82) is 0 Å². The number of aromatic nitrogens is 2. The number of anilines is 1. The predicted molar refractivity (Wildman–Crippen MR) is 108 cm³/mol. The molecule has 0 saturated heterocycles. The summed E-state index contributed by atoms with van der Waals surface area (Å²) in [6.45, 7) is 6.50. The van der Waals surface area contributed by atoms with Crippen LogP contribution in [0, 0.1) is 5.92 Å². The van der Waals surface area contributed by atoms with Gasteiger partial charge in [0.15, 0.2) is 5.69 Å². The second kappa shape index (κ2) is 11.6. The minimum atomic E-state index is -4.95. The van der Waals surface area contributed by atoms with Crippen LogP contribution < -0.4 is 16.2 Å². The summed E-state index contributed by atoms with van der Waals surface area (Å²) < 4.78 is 40.4. The highest BCUT2D eigenvalue weighted by atomic mass is 19.4. The maximum Gasteiger partial charge on any atom is 0.434 e. The fourth-order valence-electron chi connectivity index (χ4n) is 2.67. The molecular formula is C19H29F3N6O4. The first kappa shape index (κ1) is 27.1. The third kappa shape index (κ3) is 9.04. The first-order valence-corrected chi connectivity index (χ1v) is 10.0. The van der Waals surface area contributed by atoms with Gasteiger partial charge in [0.05, 0.1) is 18.0 Å². The second-order valence-electron chi connectivity index (χ2n) is 8.19. The number of unbranched alkanes of at least 4 members (excludes halogenated alkanes) is 2. The minimum absolute atomic E-state index is 0.146. The van der Waals surface area contributed by atoms with Crippen LogP contribution in [0.15, 0.2) is 6.20 Å². The average Bonchev–Trinajstić information content (AvgIpc) is 2.69. The van der Waals surface area contributed by atoms with Crippen molar-refractivity contribution in [2.24, 2.45) is 5.92 Å². The highest BCUT2D eigenvalue weighted by Crippen LogP contribution is 2.31. The van der Waals surface area contributed by atoms with Crippen LogP contribution in [0.5, 0.6) is 0 Å². The Balaban J connectivity index is 2.99. The molecule has 0 unspecified atom stereocenters. The molecule has 1 heterocycles. The maximum atomic E-state index is 13.5. The van der Waals surface area contributed by atoms with E-state index in [0.29, 0.717) is 24.1 Å². The number of amides is 3. The monoisotopic (exact) mass is 462 g/mol. The van der Waals surface area contributed by atoms with E-state index < -0.39 is 46.7 Å².